The first-order valence-corrected chi connectivity index (χ1v) is 12.5. The van der Waals surface area contributed by atoms with Crippen LogP contribution in [0.4, 0.5) is 5.69 Å². The number of rotatable bonds is 5. The maximum absolute atomic E-state index is 14.0. The molecule has 0 aliphatic heterocycles. The highest BCUT2D eigenvalue weighted by molar-refractivity contribution is 7.93. The average molecular weight is 500 g/mol. The highest BCUT2D eigenvalue weighted by Crippen LogP contribution is 2.34. The number of fused-ring (bicyclic) bond motifs is 2. The smallest absolute Gasteiger partial charge is 0.342 e. The molecule has 0 saturated carbocycles. The third-order valence-electron chi connectivity index (χ3n) is 5.94. The monoisotopic (exact) mass is 499 g/mol. The van der Waals surface area contributed by atoms with E-state index in [1.807, 2.05) is 18.2 Å². The normalized spacial score (nSPS) is 11.5. The van der Waals surface area contributed by atoms with E-state index in [1.165, 1.54) is 37.4 Å². The zero-order valence-corrected chi connectivity index (χ0v) is 20.3. The maximum atomic E-state index is 14.0. The Bertz CT molecular complexity index is 1740. The van der Waals surface area contributed by atoms with Crippen LogP contribution in [0.5, 0.6) is 0 Å². The molecule has 5 aromatic rings. The van der Waals surface area contributed by atoms with Crippen molar-refractivity contribution in [1.29, 1.82) is 0 Å². The predicted molar refractivity (Wildman–Crippen MR) is 137 cm³/mol. The number of benzene rings is 4. The van der Waals surface area contributed by atoms with E-state index in [9.17, 15) is 18.0 Å². The van der Waals surface area contributed by atoms with Gasteiger partial charge in [-0.05, 0) is 60.2 Å². The van der Waals surface area contributed by atoms with E-state index in [2.05, 4.69) is 0 Å². The summed E-state index contributed by atoms with van der Waals surface area (Å²) in [5.41, 5.74) is 0.797. The Kier molecular flexibility index (Phi) is 5.81. The number of sulfonamides is 1. The Hall–Kier alpha value is -4.43. The second-order valence-electron chi connectivity index (χ2n) is 8.15. The van der Waals surface area contributed by atoms with Gasteiger partial charge in [-0.1, -0.05) is 48.5 Å². The molecule has 5 rings (SSSR count). The predicted octanol–water partition coefficient (Wildman–Crippen LogP) is 5.72. The van der Waals surface area contributed by atoms with E-state index in [-0.39, 0.29) is 21.7 Å². The minimum Gasteiger partial charge on any atom is -0.465 e. The molecule has 0 fully saturated rings. The fraction of sp³-hybridized carbons (Fsp3) is 0.0714. The standard InChI is InChI=1S/C28H21NO6S/c1-18-26(28(31)34-2)24-17-22(13-15-25(24)35-18)29(27(30)20-9-4-3-5-10-20)36(32,33)23-14-12-19-8-6-7-11-21(19)16-23/h3-17H,1-2H3. The van der Waals surface area contributed by atoms with Gasteiger partial charge in [-0.2, -0.15) is 4.31 Å². The van der Waals surface area contributed by atoms with Crippen molar-refractivity contribution in [2.75, 3.05) is 11.4 Å². The number of ether oxygens (including phenoxy) is 1. The zero-order valence-electron chi connectivity index (χ0n) is 19.5. The molecule has 7 nitrogen and oxygen atoms in total. The first-order valence-electron chi connectivity index (χ1n) is 11.1. The van der Waals surface area contributed by atoms with Crippen LogP contribution in [0.3, 0.4) is 0 Å². The van der Waals surface area contributed by atoms with Crippen molar-refractivity contribution in [2.45, 2.75) is 11.8 Å². The van der Waals surface area contributed by atoms with Gasteiger partial charge in [-0.15, -0.1) is 0 Å². The molecule has 0 spiro atoms. The number of methoxy groups -OCH3 is 1. The van der Waals surface area contributed by atoms with Crippen LogP contribution in [-0.4, -0.2) is 27.4 Å². The van der Waals surface area contributed by atoms with Gasteiger partial charge in [0.15, 0.2) is 0 Å². The highest BCUT2D eigenvalue weighted by Gasteiger charge is 2.33. The summed E-state index contributed by atoms with van der Waals surface area (Å²) in [4.78, 5) is 26.0. The molecule has 0 unspecified atom stereocenters. The summed E-state index contributed by atoms with van der Waals surface area (Å²) in [6, 6.07) is 24.7. The Morgan fingerprint density at radius 3 is 2.25 bits per heavy atom. The summed E-state index contributed by atoms with van der Waals surface area (Å²) < 4.78 is 39.3. The lowest BCUT2D eigenvalue weighted by molar-refractivity contribution is 0.0600. The largest absolute Gasteiger partial charge is 0.465 e. The number of nitrogens with zero attached hydrogens (tertiary/aromatic N) is 1. The molecule has 0 radical (unpaired) electrons. The third kappa shape index (κ3) is 3.91. The minimum absolute atomic E-state index is 0.0397. The van der Waals surface area contributed by atoms with Gasteiger partial charge in [0.1, 0.15) is 16.9 Å². The van der Waals surface area contributed by atoms with Gasteiger partial charge < -0.3 is 9.15 Å². The number of hydrogen-bond acceptors (Lipinski definition) is 6. The number of carbonyl (C=O) groups excluding carboxylic acids is 2. The lowest BCUT2D eigenvalue weighted by Gasteiger charge is -2.23. The van der Waals surface area contributed by atoms with Gasteiger partial charge in [0.05, 0.1) is 17.7 Å². The number of esters is 1. The van der Waals surface area contributed by atoms with Crippen molar-refractivity contribution in [1.82, 2.24) is 0 Å². The summed E-state index contributed by atoms with van der Waals surface area (Å²) in [7, 11) is -3.11. The summed E-state index contributed by atoms with van der Waals surface area (Å²) in [5.74, 6) is -1.03. The molecule has 0 saturated heterocycles. The molecule has 0 aliphatic rings. The Morgan fingerprint density at radius 1 is 0.833 bits per heavy atom. The molecule has 8 heteroatoms. The van der Waals surface area contributed by atoms with Crippen LogP contribution in [0.15, 0.2) is 100 Å². The molecule has 4 aromatic carbocycles. The average Bonchev–Trinajstić information content (AvgIpc) is 3.23. The number of aryl methyl sites for hydroxylation is 1. The maximum Gasteiger partial charge on any atom is 0.342 e. The van der Waals surface area contributed by atoms with Gasteiger partial charge in [0, 0.05) is 10.9 Å². The molecule has 1 heterocycles. The van der Waals surface area contributed by atoms with Gasteiger partial charge >= 0.3 is 5.97 Å². The van der Waals surface area contributed by atoms with Crippen LogP contribution < -0.4 is 4.31 Å². The fourth-order valence-electron chi connectivity index (χ4n) is 4.19. The first kappa shape index (κ1) is 23.3. The van der Waals surface area contributed by atoms with Crippen LogP contribution in [0.1, 0.15) is 26.5 Å². The van der Waals surface area contributed by atoms with Crippen LogP contribution in [-0.2, 0) is 14.8 Å². The Balaban J connectivity index is 1.73. The van der Waals surface area contributed by atoms with Crippen molar-refractivity contribution in [3.63, 3.8) is 0 Å². The number of furan rings is 1. The summed E-state index contributed by atoms with van der Waals surface area (Å²) >= 11 is 0. The number of amides is 1. The second-order valence-corrected chi connectivity index (χ2v) is 9.94. The first-order chi connectivity index (χ1) is 17.3. The van der Waals surface area contributed by atoms with Gasteiger partial charge in [-0.25, -0.2) is 13.2 Å². The topological polar surface area (TPSA) is 93.9 Å². The van der Waals surface area contributed by atoms with Crippen molar-refractivity contribution in [2.24, 2.45) is 0 Å². The van der Waals surface area contributed by atoms with E-state index in [0.717, 1.165) is 15.1 Å². The van der Waals surface area contributed by atoms with Crippen molar-refractivity contribution < 1.29 is 27.2 Å². The molecular weight excluding hydrogens is 478 g/mol. The lowest BCUT2D eigenvalue weighted by atomic mass is 10.1. The Labute approximate surface area is 207 Å². The van der Waals surface area contributed by atoms with Gasteiger partial charge in [0.2, 0.25) is 0 Å². The fourth-order valence-corrected chi connectivity index (χ4v) is 5.63. The van der Waals surface area contributed by atoms with Crippen molar-refractivity contribution in [3.05, 3.63) is 108 Å². The van der Waals surface area contributed by atoms with Gasteiger partial charge in [-0.3, -0.25) is 4.79 Å². The molecule has 0 bridgehead atoms. The van der Waals surface area contributed by atoms with E-state index >= 15 is 0 Å². The van der Waals surface area contributed by atoms with E-state index in [1.54, 1.807) is 49.4 Å². The minimum atomic E-state index is -4.36. The highest BCUT2D eigenvalue weighted by atomic mass is 32.2. The molecule has 180 valence electrons. The van der Waals surface area contributed by atoms with E-state index in [4.69, 9.17) is 9.15 Å². The van der Waals surface area contributed by atoms with Crippen LogP contribution in [0.2, 0.25) is 0 Å². The van der Waals surface area contributed by atoms with Gasteiger partial charge in [0.25, 0.3) is 15.9 Å². The van der Waals surface area contributed by atoms with E-state index in [0.29, 0.717) is 16.7 Å². The molecular formula is C28H21NO6S. The molecule has 1 aromatic heterocycles. The van der Waals surface area contributed by atoms with E-state index < -0.39 is 21.9 Å². The van der Waals surface area contributed by atoms with Crippen LogP contribution in [0.25, 0.3) is 21.7 Å². The zero-order chi connectivity index (χ0) is 25.4. The van der Waals surface area contributed by atoms with Crippen LogP contribution in [0, 0.1) is 6.92 Å². The Morgan fingerprint density at radius 2 is 1.53 bits per heavy atom. The summed E-state index contributed by atoms with van der Waals surface area (Å²) in [5, 5.41) is 1.94. The molecule has 36 heavy (non-hydrogen) atoms. The second kappa shape index (κ2) is 8.98. The quantitative estimate of drug-likeness (QED) is 0.287. The van der Waals surface area contributed by atoms with Crippen molar-refractivity contribution >= 4 is 49.3 Å². The molecule has 1 amide bonds. The SMILES string of the molecule is COC(=O)c1c(C)oc2ccc(N(C(=O)c3ccccc3)S(=O)(=O)c3ccc4ccccc4c3)cc12. The van der Waals surface area contributed by atoms with Crippen molar-refractivity contribution in [3.8, 4) is 0 Å². The summed E-state index contributed by atoms with van der Waals surface area (Å²) in [6.45, 7) is 1.62. The molecule has 0 N–H and O–H groups in total. The number of anilines is 1. The molecule has 0 aliphatic carbocycles. The lowest BCUT2D eigenvalue weighted by Crippen LogP contribution is -2.37. The molecule has 0 atom stereocenters. The van der Waals surface area contributed by atoms with Crippen LogP contribution >= 0.6 is 0 Å². The summed E-state index contributed by atoms with van der Waals surface area (Å²) in [6.07, 6.45) is 0. The number of carbonyl (C=O) groups is 2. The third-order valence-corrected chi connectivity index (χ3v) is 7.64. The number of hydrogen-bond donors (Lipinski definition) is 0.